The Balaban J connectivity index is 2.83. The quantitative estimate of drug-likeness (QED) is 0.779. The third-order valence-corrected chi connectivity index (χ3v) is 2.02. The van der Waals surface area contributed by atoms with E-state index in [0.717, 1.165) is 5.56 Å². The minimum Gasteiger partial charge on any atom is -0.497 e. The molecule has 0 saturated heterocycles. The number of alkyl halides is 1. The summed E-state index contributed by atoms with van der Waals surface area (Å²) in [5.41, 5.74) is 6.45. The van der Waals surface area contributed by atoms with Crippen molar-refractivity contribution < 1.29 is 13.9 Å². The van der Waals surface area contributed by atoms with Crippen molar-refractivity contribution in [1.29, 1.82) is 0 Å². The molecule has 0 spiro atoms. The molecule has 1 rings (SSSR count). The van der Waals surface area contributed by atoms with Gasteiger partial charge in [0.25, 0.3) is 0 Å². The normalized spacial score (nSPS) is 10.1. The van der Waals surface area contributed by atoms with Gasteiger partial charge in [0.05, 0.1) is 7.11 Å². The topological polar surface area (TPSA) is 44.5 Å². The molecule has 2 N–H and O–H groups in total. The van der Waals surface area contributed by atoms with Gasteiger partial charge in [-0.1, -0.05) is 6.07 Å². The van der Waals surface area contributed by atoms with Crippen molar-refractivity contribution in [3.05, 3.63) is 23.8 Å². The van der Waals surface area contributed by atoms with Crippen LogP contribution in [0.15, 0.2) is 18.2 Å². The number of ether oxygens (including phenoxy) is 2. The molecule has 0 amide bonds. The summed E-state index contributed by atoms with van der Waals surface area (Å²) in [6, 6.07) is 5.48. The Morgan fingerprint density at radius 3 is 2.80 bits per heavy atom. The molecule has 4 heteroatoms. The molecule has 0 aromatic heterocycles. The van der Waals surface area contributed by atoms with Gasteiger partial charge in [0.15, 0.2) is 0 Å². The number of hydrogen-bond acceptors (Lipinski definition) is 3. The monoisotopic (exact) mass is 213 g/mol. The second-order valence-electron chi connectivity index (χ2n) is 3.05. The summed E-state index contributed by atoms with van der Waals surface area (Å²) in [6.45, 7) is 0.0995. The van der Waals surface area contributed by atoms with E-state index in [-0.39, 0.29) is 6.61 Å². The molecule has 0 unspecified atom stereocenters. The largest absolute Gasteiger partial charge is 0.497 e. The highest BCUT2D eigenvalue weighted by molar-refractivity contribution is 5.40. The maximum atomic E-state index is 12.0. The molecule has 1 aromatic rings. The van der Waals surface area contributed by atoms with Crippen LogP contribution < -0.4 is 15.2 Å². The van der Waals surface area contributed by atoms with Crippen molar-refractivity contribution in [1.82, 2.24) is 0 Å². The van der Waals surface area contributed by atoms with Crippen LogP contribution in [0, 0.1) is 0 Å². The Labute approximate surface area is 89.0 Å². The fourth-order valence-corrected chi connectivity index (χ4v) is 1.31. The first-order chi connectivity index (χ1) is 7.31. The van der Waals surface area contributed by atoms with Gasteiger partial charge in [-0.3, -0.25) is 0 Å². The summed E-state index contributed by atoms with van der Waals surface area (Å²) in [4.78, 5) is 0. The SMILES string of the molecule is COc1ccc(CCN)c(OCCF)c1. The van der Waals surface area contributed by atoms with Crippen LogP contribution in [0.25, 0.3) is 0 Å². The van der Waals surface area contributed by atoms with Crippen LogP contribution in [0.4, 0.5) is 4.39 Å². The summed E-state index contributed by atoms with van der Waals surface area (Å²) < 4.78 is 22.3. The molecule has 0 aliphatic carbocycles. The van der Waals surface area contributed by atoms with Crippen LogP contribution in [0.1, 0.15) is 5.56 Å². The van der Waals surface area contributed by atoms with E-state index in [0.29, 0.717) is 24.5 Å². The van der Waals surface area contributed by atoms with E-state index in [9.17, 15) is 4.39 Å². The second-order valence-corrected chi connectivity index (χ2v) is 3.05. The summed E-state index contributed by atoms with van der Waals surface area (Å²) in [6.07, 6.45) is 0.714. The van der Waals surface area contributed by atoms with Gasteiger partial charge in [-0.15, -0.1) is 0 Å². The molecular weight excluding hydrogens is 197 g/mol. The lowest BCUT2D eigenvalue weighted by atomic mass is 10.1. The predicted octanol–water partition coefficient (Wildman–Crippen LogP) is 1.54. The average molecular weight is 213 g/mol. The third-order valence-electron chi connectivity index (χ3n) is 2.02. The summed E-state index contributed by atoms with van der Waals surface area (Å²) in [7, 11) is 1.58. The highest BCUT2D eigenvalue weighted by atomic mass is 19.1. The predicted molar refractivity (Wildman–Crippen MR) is 57.2 cm³/mol. The van der Waals surface area contributed by atoms with E-state index in [4.69, 9.17) is 15.2 Å². The number of methoxy groups -OCH3 is 1. The standard InChI is InChI=1S/C11H16FNO2/c1-14-10-3-2-9(4-6-13)11(8-10)15-7-5-12/h2-3,8H,4-7,13H2,1H3. The van der Waals surface area contributed by atoms with Crippen LogP contribution in [0.5, 0.6) is 11.5 Å². The molecule has 0 fully saturated rings. The molecule has 0 aliphatic heterocycles. The van der Waals surface area contributed by atoms with E-state index < -0.39 is 6.67 Å². The first kappa shape index (κ1) is 11.8. The highest BCUT2D eigenvalue weighted by Crippen LogP contribution is 2.25. The van der Waals surface area contributed by atoms with Crippen LogP contribution in [0.3, 0.4) is 0 Å². The smallest absolute Gasteiger partial charge is 0.126 e. The molecule has 1 aromatic carbocycles. The number of nitrogens with two attached hydrogens (primary N) is 1. The Morgan fingerprint density at radius 2 is 2.20 bits per heavy atom. The molecular formula is C11H16FNO2. The summed E-state index contributed by atoms with van der Waals surface area (Å²) >= 11 is 0. The maximum Gasteiger partial charge on any atom is 0.126 e. The molecule has 3 nitrogen and oxygen atoms in total. The highest BCUT2D eigenvalue weighted by Gasteiger charge is 2.05. The van der Waals surface area contributed by atoms with Gasteiger partial charge in [-0.05, 0) is 24.6 Å². The molecule has 0 heterocycles. The lowest BCUT2D eigenvalue weighted by molar-refractivity contribution is 0.269. The van der Waals surface area contributed by atoms with E-state index >= 15 is 0 Å². The second kappa shape index (κ2) is 6.24. The molecule has 0 radical (unpaired) electrons. The molecule has 15 heavy (non-hydrogen) atoms. The van der Waals surface area contributed by atoms with Crippen LogP contribution in [0.2, 0.25) is 0 Å². The Kier molecular flexibility index (Phi) is 4.90. The van der Waals surface area contributed by atoms with E-state index in [1.54, 1.807) is 13.2 Å². The van der Waals surface area contributed by atoms with Gasteiger partial charge in [-0.25, -0.2) is 4.39 Å². The Morgan fingerprint density at radius 1 is 1.40 bits per heavy atom. The molecule has 0 bridgehead atoms. The van der Waals surface area contributed by atoms with Gasteiger partial charge < -0.3 is 15.2 Å². The maximum absolute atomic E-state index is 12.0. The Bertz CT molecular complexity index is 305. The van der Waals surface area contributed by atoms with Crippen LogP contribution >= 0.6 is 0 Å². The summed E-state index contributed by atoms with van der Waals surface area (Å²) in [5, 5.41) is 0. The lowest BCUT2D eigenvalue weighted by Crippen LogP contribution is -2.07. The summed E-state index contributed by atoms with van der Waals surface area (Å²) in [5.74, 6) is 1.35. The van der Waals surface area contributed by atoms with Crippen molar-refractivity contribution >= 4 is 0 Å². The zero-order valence-electron chi connectivity index (χ0n) is 8.83. The average Bonchev–Trinajstić information content (AvgIpc) is 2.28. The lowest BCUT2D eigenvalue weighted by Gasteiger charge is -2.11. The molecule has 84 valence electrons. The van der Waals surface area contributed by atoms with Gasteiger partial charge in [0.1, 0.15) is 24.8 Å². The zero-order valence-corrected chi connectivity index (χ0v) is 8.83. The zero-order chi connectivity index (χ0) is 11.1. The first-order valence-electron chi connectivity index (χ1n) is 4.87. The van der Waals surface area contributed by atoms with Gasteiger partial charge in [0, 0.05) is 6.07 Å². The molecule has 0 aliphatic rings. The minimum atomic E-state index is -0.501. The third kappa shape index (κ3) is 3.40. The van der Waals surface area contributed by atoms with Gasteiger partial charge >= 0.3 is 0 Å². The van der Waals surface area contributed by atoms with E-state index in [1.807, 2.05) is 12.1 Å². The van der Waals surface area contributed by atoms with Crippen molar-refractivity contribution in [3.63, 3.8) is 0 Å². The van der Waals surface area contributed by atoms with Crippen LogP contribution in [-0.4, -0.2) is 26.9 Å². The first-order valence-corrected chi connectivity index (χ1v) is 4.87. The molecule has 0 saturated carbocycles. The van der Waals surface area contributed by atoms with Crippen molar-refractivity contribution in [2.75, 3.05) is 26.9 Å². The number of halogens is 1. The van der Waals surface area contributed by atoms with Crippen LogP contribution in [-0.2, 0) is 6.42 Å². The van der Waals surface area contributed by atoms with Gasteiger partial charge in [0.2, 0.25) is 0 Å². The fourth-order valence-electron chi connectivity index (χ4n) is 1.31. The van der Waals surface area contributed by atoms with Gasteiger partial charge in [-0.2, -0.15) is 0 Å². The fraction of sp³-hybridized carbons (Fsp3) is 0.455. The van der Waals surface area contributed by atoms with Crippen molar-refractivity contribution in [2.24, 2.45) is 5.73 Å². The number of benzene rings is 1. The van der Waals surface area contributed by atoms with E-state index in [1.165, 1.54) is 0 Å². The van der Waals surface area contributed by atoms with Crippen molar-refractivity contribution in [3.8, 4) is 11.5 Å². The van der Waals surface area contributed by atoms with Crippen molar-refractivity contribution in [2.45, 2.75) is 6.42 Å². The number of rotatable bonds is 6. The number of hydrogen-bond donors (Lipinski definition) is 1. The van der Waals surface area contributed by atoms with E-state index in [2.05, 4.69) is 0 Å². The minimum absolute atomic E-state index is 0.0603. The Hall–Kier alpha value is -1.29. The molecule has 0 atom stereocenters.